The lowest BCUT2D eigenvalue weighted by molar-refractivity contribution is -0.115. The second kappa shape index (κ2) is 5.77. The van der Waals surface area contributed by atoms with Crippen LogP contribution in [0.3, 0.4) is 0 Å². The van der Waals surface area contributed by atoms with Gasteiger partial charge in [-0.25, -0.2) is 0 Å². The molecule has 0 aliphatic rings. The number of hydrogen-bond donors (Lipinski definition) is 2. The summed E-state index contributed by atoms with van der Waals surface area (Å²) in [5, 5.41) is 2.74. The summed E-state index contributed by atoms with van der Waals surface area (Å²) in [5.41, 5.74) is 7.01. The number of pyridine rings is 1. The van der Waals surface area contributed by atoms with E-state index in [1.807, 2.05) is 6.07 Å². The van der Waals surface area contributed by atoms with Crippen LogP contribution in [-0.2, 0) is 11.2 Å². The Morgan fingerprint density at radius 2 is 1.89 bits per heavy atom. The maximum atomic E-state index is 11.8. The van der Waals surface area contributed by atoms with Crippen molar-refractivity contribution >= 4 is 17.5 Å². The van der Waals surface area contributed by atoms with Gasteiger partial charge in [-0.05, 0) is 35.9 Å². The van der Waals surface area contributed by atoms with E-state index in [-0.39, 0.29) is 12.3 Å². The molecule has 3 N–H and O–H groups in total. The van der Waals surface area contributed by atoms with Crippen molar-refractivity contribution in [3.05, 3.63) is 59.9 Å². The molecule has 0 saturated heterocycles. The van der Waals surface area contributed by atoms with E-state index in [0.717, 1.165) is 5.56 Å². The van der Waals surface area contributed by atoms with E-state index in [0.29, 0.717) is 11.3 Å². The SMILES string of the molecule is NC(=O)c1ccc(NC(=O)Cc2cccnc2)cc1. The molecule has 0 radical (unpaired) electrons. The standard InChI is InChI=1S/C14H13N3O2/c15-14(19)11-3-5-12(6-4-11)17-13(18)8-10-2-1-7-16-9-10/h1-7,9H,8H2,(H2,15,19)(H,17,18). The highest BCUT2D eigenvalue weighted by Gasteiger charge is 2.05. The third-order valence-electron chi connectivity index (χ3n) is 2.54. The second-order valence-corrected chi connectivity index (χ2v) is 4.03. The van der Waals surface area contributed by atoms with E-state index >= 15 is 0 Å². The third-order valence-corrected chi connectivity index (χ3v) is 2.54. The average molecular weight is 255 g/mol. The molecule has 0 atom stereocenters. The molecule has 0 bridgehead atoms. The molecular formula is C14H13N3O2. The number of nitrogens with two attached hydrogens (primary N) is 1. The van der Waals surface area contributed by atoms with Gasteiger partial charge in [-0.15, -0.1) is 0 Å². The van der Waals surface area contributed by atoms with Crippen LogP contribution in [-0.4, -0.2) is 16.8 Å². The Kier molecular flexibility index (Phi) is 3.87. The van der Waals surface area contributed by atoms with Crippen molar-refractivity contribution < 1.29 is 9.59 Å². The lowest BCUT2D eigenvalue weighted by Crippen LogP contribution is -2.15. The molecule has 1 aromatic heterocycles. The van der Waals surface area contributed by atoms with Crippen molar-refractivity contribution in [2.24, 2.45) is 5.73 Å². The maximum absolute atomic E-state index is 11.8. The fraction of sp³-hybridized carbons (Fsp3) is 0.0714. The van der Waals surface area contributed by atoms with Gasteiger partial charge in [0.15, 0.2) is 0 Å². The van der Waals surface area contributed by atoms with E-state index in [1.54, 1.807) is 42.7 Å². The predicted molar refractivity (Wildman–Crippen MR) is 71.5 cm³/mol. The molecule has 2 rings (SSSR count). The van der Waals surface area contributed by atoms with Gasteiger partial charge in [0.25, 0.3) is 0 Å². The van der Waals surface area contributed by atoms with Crippen molar-refractivity contribution in [3.63, 3.8) is 0 Å². The summed E-state index contributed by atoms with van der Waals surface area (Å²) >= 11 is 0. The summed E-state index contributed by atoms with van der Waals surface area (Å²) < 4.78 is 0. The molecule has 1 aromatic carbocycles. The van der Waals surface area contributed by atoms with Crippen LogP contribution in [0.2, 0.25) is 0 Å². The smallest absolute Gasteiger partial charge is 0.248 e. The zero-order valence-electron chi connectivity index (χ0n) is 10.2. The van der Waals surface area contributed by atoms with Crippen molar-refractivity contribution in [1.82, 2.24) is 4.98 Å². The van der Waals surface area contributed by atoms with Gasteiger partial charge in [0, 0.05) is 23.6 Å². The Morgan fingerprint density at radius 1 is 1.16 bits per heavy atom. The van der Waals surface area contributed by atoms with Crippen molar-refractivity contribution in [1.29, 1.82) is 0 Å². The van der Waals surface area contributed by atoms with Crippen LogP contribution in [0.25, 0.3) is 0 Å². The first kappa shape index (κ1) is 12.8. The number of benzene rings is 1. The minimum atomic E-state index is -0.492. The first-order chi connectivity index (χ1) is 9.15. The number of hydrogen-bond acceptors (Lipinski definition) is 3. The molecule has 96 valence electrons. The number of carbonyl (C=O) groups excluding carboxylic acids is 2. The molecular weight excluding hydrogens is 242 g/mol. The molecule has 5 nitrogen and oxygen atoms in total. The number of anilines is 1. The Labute approximate surface area is 110 Å². The van der Waals surface area contributed by atoms with Crippen molar-refractivity contribution in [2.45, 2.75) is 6.42 Å². The molecule has 0 aliphatic heterocycles. The average Bonchev–Trinajstić information content (AvgIpc) is 2.40. The highest BCUT2D eigenvalue weighted by Crippen LogP contribution is 2.10. The number of nitrogens with zero attached hydrogens (tertiary/aromatic N) is 1. The number of rotatable bonds is 4. The van der Waals surface area contributed by atoms with Crippen LogP contribution < -0.4 is 11.1 Å². The van der Waals surface area contributed by atoms with Crippen LogP contribution in [0.5, 0.6) is 0 Å². The molecule has 0 spiro atoms. The zero-order valence-corrected chi connectivity index (χ0v) is 10.2. The lowest BCUT2D eigenvalue weighted by Gasteiger charge is -2.05. The van der Waals surface area contributed by atoms with E-state index < -0.39 is 5.91 Å². The monoisotopic (exact) mass is 255 g/mol. The topological polar surface area (TPSA) is 85.1 Å². The summed E-state index contributed by atoms with van der Waals surface area (Å²) in [4.78, 5) is 26.6. The summed E-state index contributed by atoms with van der Waals surface area (Å²) in [7, 11) is 0. The van der Waals surface area contributed by atoms with Crippen LogP contribution in [0.1, 0.15) is 15.9 Å². The van der Waals surface area contributed by atoms with Crippen LogP contribution in [0.15, 0.2) is 48.8 Å². The Morgan fingerprint density at radius 3 is 2.47 bits per heavy atom. The number of primary amides is 1. The molecule has 0 aliphatic carbocycles. The molecule has 0 saturated carbocycles. The normalized spacial score (nSPS) is 9.89. The maximum Gasteiger partial charge on any atom is 0.248 e. The summed E-state index contributed by atoms with van der Waals surface area (Å²) in [6.45, 7) is 0. The first-order valence-corrected chi connectivity index (χ1v) is 5.74. The fourth-order valence-electron chi connectivity index (χ4n) is 1.61. The summed E-state index contributed by atoms with van der Waals surface area (Å²) in [5.74, 6) is -0.631. The highest BCUT2D eigenvalue weighted by atomic mass is 16.1. The third kappa shape index (κ3) is 3.64. The van der Waals surface area contributed by atoms with Gasteiger partial charge in [-0.3, -0.25) is 14.6 Å². The zero-order chi connectivity index (χ0) is 13.7. The van der Waals surface area contributed by atoms with Crippen LogP contribution >= 0.6 is 0 Å². The highest BCUT2D eigenvalue weighted by molar-refractivity contribution is 5.95. The van der Waals surface area contributed by atoms with Crippen LogP contribution in [0, 0.1) is 0 Å². The largest absolute Gasteiger partial charge is 0.366 e. The fourth-order valence-corrected chi connectivity index (χ4v) is 1.61. The molecule has 2 aromatic rings. The van der Waals surface area contributed by atoms with Gasteiger partial charge in [0.2, 0.25) is 11.8 Å². The van der Waals surface area contributed by atoms with Crippen molar-refractivity contribution in [3.8, 4) is 0 Å². The Hall–Kier alpha value is -2.69. The summed E-state index contributed by atoms with van der Waals surface area (Å²) in [6, 6.07) is 10.0. The second-order valence-electron chi connectivity index (χ2n) is 4.03. The van der Waals surface area contributed by atoms with E-state index in [9.17, 15) is 9.59 Å². The van der Waals surface area contributed by atoms with Gasteiger partial charge >= 0.3 is 0 Å². The molecule has 0 fully saturated rings. The van der Waals surface area contributed by atoms with Gasteiger partial charge < -0.3 is 11.1 Å². The minimum absolute atomic E-state index is 0.139. The van der Waals surface area contributed by atoms with E-state index in [2.05, 4.69) is 10.3 Å². The number of amides is 2. The molecule has 5 heteroatoms. The van der Waals surface area contributed by atoms with Gasteiger partial charge in [0.1, 0.15) is 0 Å². The van der Waals surface area contributed by atoms with Gasteiger partial charge in [-0.2, -0.15) is 0 Å². The van der Waals surface area contributed by atoms with E-state index in [4.69, 9.17) is 5.73 Å². The van der Waals surface area contributed by atoms with Gasteiger partial charge in [0.05, 0.1) is 6.42 Å². The predicted octanol–water partition coefficient (Wildman–Crippen LogP) is 1.36. The molecule has 19 heavy (non-hydrogen) atoms. The van der Waals surface area contributed by atoms with Gasteiger partial charge in [-0.1, -0.05) is 6.07 Å². The molecule has 0 unspecified atom stereocenters. The molecule has 1 heterocycles. The first-order valence-electron chi connectivity index (χ1n) is 5.74. The number of carbonyl (C=O) groups is 2. The lowest BCUT2D eigenvalue weighted by atomic mass is 10.2. The molecule has 2 amide bonds. The quantitative estimate of drug-likeness (QED) is 0.865. The Bertz CT molecular complexity index is 579. The van der Waals surface area contributed by atoms with Crippen LogP contribution in [0.4, 0.5) is 5.69 Å². The summed E-state index contributed by atoms with van der Waals surface area (Å²) in [6.07, 6.45) is 3.56. The van der Waals surface area contributed by atoms with E-state index in [1.165, 1.54) is 0 Å². The number of nitrogens with one attached hydrogen (secondary N) is 1. The minimum Gasteiger partial charge on any atom is -0.366 e. The van der Waals surface area contributed by atoms with Crippen molar-refractivity contribution in [2.75, 3.05) is 5.32 Å². The number of aromatic nitrogens is 1. The Balaban J connectivity index is 1.97.